The standard InChI is InChI=1S/C9H18N2O4S/c12-16(13,11-2-5-14-6-3-11)10-7-9-1-4-15-8-9/h9-10H,1-8H2. The van der Waals surface area contributed by atoms with Gasteiger partial charge < -0.3 is 9.47 Å². The fourth-order valence-corrected chi connectivity index (χ4v) is 3.10. The zero-order valence-electron chi connectivity index (χ0n) is 9.22. The summed E-state index contributed by atoms with van der Waals surface area (Å²) >= 11 is 0. The number of nitrogens with one attached hydrogen (secondary N) is 1. The minimum Gasteiger partial charge on any atom is -0.381 e. The maximum atomic E-state index is 11.9. The van der Waals surface area contributed by atoms with Crippen molar-refractivity contribution in [2.24, 2.45) is 5.92 Å². The van der Waals surface area contributed by atoms with Crippen LogP contribution in [0.3, 0.4) is 0 Å². The molecule has 0 radical (unpaired) electrons. The van der Waals surface area contributed by atoms with Gasteiger partial charge in [-0.2, -0.15) is 12.7 Å². The monoisotopic (exact) mass is 250 g/mol. The van der Waals surface area contributed by atoms with E-state index in [0.29, 0.717) is 45.4 Å². The largest absolute Gasteiger partial charge is 0.381 e. The van der Waals surface area contributed by atoms with Crippen molar-refractivity contribution in [1.82, 2.24) is 9.03 Å². The molecule has 0 bridgehead atoms. The van der Waals surface area contributed by atoms with E-state index >= 15 is 0 Å². The molecule has 7 heteroatoms. The number of morpholine rings is 1. The molecule has 2 rings (SSSR count). The molecule has 16 heavy (non-hydrogen) atoms. The van der Waals surface area contributed by atoms with Crippen molar-refractivity contribution in [2.45, 2.75) is 6.42 Å². The third-order valence-electron chi connectivity index (χ3n) is 2.89. The summed E-state index contributed by atoms with van der Waals surface area (Å²) < 4.78 is 38.1. The third kappa shape index (κ3) is 3.14. The van der Waals surface area contributed by atoms with Crippen LogP contribution in [0.4, 0.5) is 0 Å². The molecule has 2 heterocycles. The molecule has 1 unspecified atom stereocenters. The summed E-state index contributed by atoms with van der Waals surface area (Å²) in [5.74, 6) is 0.316. The zero-order valence-corrected chi connectivity index (χ0v) is 10.0. The van der Waals surface area contributed by atoms with Gasteiger partial charge in [0.05, 0.1) is 19.8 Å². The average molecular weight is 250 g/mol. The lowest BCUT2D eigenvalue weighted by atomic mass is 10.1. The van der Waals surface area contributed by atoms with Crippen LogP contribution < -0.4 is 4.72 Å². The van der Waals surface area contributed by atoms with Gasteiger partial charge in [0.2, 0.25) is 0 Å². The van der Waals surface area contributed by atoms with Crippen molar-refractivity contribution in [2.75, 3.05) is 46.1 Å². The summed E-state index contributed by atoms with van der Waals surface area (Å²) in [5.41, 5.74) is 0. The summed E-state index contributed by atoms with van der Waals surface area (Å²) in [6, 6.07) is 0. The van der Waals surface area contributed by atoms with Crippen molar-refractivity contribution in [3.8, 4) is 0 Å². The first-order chi connectivity index (χ1) is 7.68. The predicted molar refractivity (Wildman–Crippen MR) is 58.2 cm³/mol. The van der Waals surface area contributed by atoms with Gasteiger partial charge in [0.25, 0.3) is 10.2 Å². The highest BCUT2D eigenvalue weighted by molar-refractivity contribution is 7.87. The Morgan fingerprint density at radius 3 is 2.56 bits per heavy atom. The summed E-state index contributed by atoms with van der Waals surface area (Å²) in [5, 5.41) is 0. The molecule has 0 aromatic carbocycles. The Morgan fingerprint density at radius 1 is 1.19 bits per heavy atom. The minimum absolute atomic E-state index is 0.316. The molecular weight excluding hydrogens is 232 g/mol. The zero-order chi connectivity index (χ0) is 11.4. The highest BCUT2D eigenvalue weighted by atomic mass is 32.2. The van der Waals surface area contributed by atoms with Crippen LogP contribution in [0.15, 0.2) is 0 Å². The van der Waals surface area contributed by atoms with Crippen LogP contribution >= 0.6 is 0 Å². The van der Waals surface area contributed by atoms with Gasteiger partial charge in [-0.15, -0.1) is 0 Å². The number of ether oxygens (including phenoxy) is 2. The second kappa shape index (κ2) is 5.42. The molecule has 6 nitrogen and oxygen atoms in total. The summed E-state index contributed by atoms with van der Waals surface area (Å²) in [7, 11) is -3.32. The van der Waals surface area contributed by atoms with E-state index in [0.717, 1.165) is 13.0 Å². The van der Waals surface area contributed by atoms with Crippen LogP contribution in [0.1, 0.15) is 6.42 Å². The second-order valence-corrected chi connectivity index (χ2v) is 5.85. The number of nitrogens with zero attached hydrogens (tertiary/aromatic N) is 1. The van der Waals surface area contributed by atoms with E-state index in [1.165, 1.54) is 4.31 Å². The molecule has 2 saturated heterocycles. The third-order valence-corrected chi connectivity index (χ3v) is 4.46. The average Bonchev–Trinajstić information content (AvgIpc) is 2.81. The van der Waals surface area contributed by atoms with Crippen LogP contribution in [0.25, 0.3) is 0 Å². The number of hydrogen-bond donors (Lipinski definition) is 1. The molecular formula is C9H18N2O4S. The molecule has 1 N–H and O–H groups in total. The quantitative estimate of drug-likeness (QED) is 0.708. The molecule has 2 aliphatic rings. The van der Waals surface area contributed by atoms with E-state index in [-0.39, 0.29) is 0 Å². The summed E-state index contributed by atoms with van der Waals surface area (Å²) in [4.78, 5) is 0. The van der Waals surface area contributed by atoms with E-state index in [1.807, 2.05) is 0 Å². The molecule has 0 aliphatic carbocycles. The SMILES string of the molecule is O=S(=O)(NCC1CCOC1)N1CCOCC1. The van der Waals surface area contributed by atoms with Crippen LogP contribution in [-0.2, 0) is 19.7 Å². The highest BCUT2D eigenvalue weighted by Gasteiger charge is 2.25. The van der Waals surface area contributed by atoms with Crippen molar-refractivity contribution < 1.29 is 17.9 Å². The Balaban J connectivity index is 1.81. The maximum absolute atomic E-state index is 11.9. The lowest BCUT2D eigenvalue weighted by Gasteiger charge is -2.26. The Hall–Kier alpha value is -0.210. The molecule has 0 spiro atoms. The number of hydrogen-bond acceptors (Lipinski definition) is 4. The molecule has 1 atom stereocenters. The van der Waals surface area contributed by atoms with E-state index in [2.05, 4.69) is 4.72 Å². The van der Waals surface area contributed by atoms with Gasteiger partial charge in [-0.3, -0.25) is 0 Å². The summed E-state index contributed by atoms with van der Waals surface area (Å²) in [6.45, 7) is 3.71. The van der Waals surface area contributed by atoms with E-state index in [4.69, 9.17) is 9.47 Å². The lowest BCUT2D eigenvalue weighted by molar-refractivity contribution is 0.0724. The molecule has 0 amide bonds. The highest BCUT2D eigenvalue weighted by Crippen LogP contribution is 2.12. The van der Waals surface area contributed by atoms with Gasteiger partial charge in [-0.05, 0) is 12.3 Å². The Kier molecular flexibility index (Phi) is 4.15. The fraction of sp³-hybridized carbons (Fsp3) is 1.00. The second-order valence-electron chi connectivity index (χ2n) is 4.09. The topological polar surface area (TPSA) is 67.9 Å². The van der Waals surface area contributed by atoms with Crippen molar-refractivity contribution >= 4 is 10.2 Å². The summed E-state index contributed by atoms with van der Waals surface area (Å²) in [6.07, 6.45) is 0.936. The molecule has 94 valence electrons. The van der Waals surface area contributed by atoms with E-state index in [9.17, 15) is 8.42 Å². The molecule has 2 aliphatic heterocycles. The van der Waals surface area contributed by atoms with Crippen LogP contribution in [-0.4, -0.2) is 58.8 Å². The predicted octanol–water partition coefficient (Wildman–Crippen LogP) is -0.810. The van der Waals surface area contributed by atoms with E-state index in [1.54, 1.807) is 0 Å². The van der Waals surface area contributed by atoms with Crippen LogP contribution in [0, 0.1) is 5.92 Å². The number of rotatable bonds is 4. The molecule has 2 fully saturated rings. The van der Waals surface area contributed by atoms with Gasteiger partial charge in [-0.1, -0.05) is 0 Å². The minimum atomic E-state index is -3.32. The van der Waals surface area contributed by atoms with Gasteiger partial charge in [-0.25, -0.2) is 4.72 Å². The normalized spacial score (nSPS) is 28.4. The molecule has 0 saturated carbocycles. The maximum Gasteiger partial charge on any atom is 0.279 e. The molecule has 0 aromatic rings. The Morgan fingerprint density at radius 2 is 1.94 bits per heavy atom. The van der Waals surface area contributed by atoms with Gasteiger partial charge >= 0.3 is 0 Å². The lowest BCUT2D eigenvalue weighted by Crippen LogP contribution is -2.47. The fourth-order valence-electron chi connectivity index (χ4n) is 1.85. The van der Waals surface area contributed by atoms with Crippen molar-refractivity contribution in [3.63, 3.8) is 0 Å². The Bertz CT molecular complexity index is 307. The van der Waals surface area contributed by atoms with E-state index < -0.39 is 10.2 Å². The first-order valence-electron chi connectivity index (χ1n) is 5.59. The smallest absolute Gasteiger partial charge is 0.279 e. The van der Waals surface area contributed by atoms with Gasteiger partial charge in [0.15, 0.2) is 0 Å². The van der Waals surface area contributed by atoms with Crippen molar-refractivity contribution in [1.29, 1.82) is 0 Å². The Labute approximate surface area is 96.1 Å². The van der Waals surface area contributed by atoms with Crippen LogP contribution in [0.2, 0.25) is 0 Å². The van der Waals surface area contributed by atoms with Crippen LogP contribution in [0.5, 0.6) is 0 Å². The first kappa shape index (κ1) is 12.3. The first-order valence-corrected chi connectivity index (χ1v) is 7.03. The van der Waals surface area contributed by atoms with Gasteiger partial charge in [0, 0.05) is 26.2 Å². The molecule has 0 aromatic heterocycles. The van der Waals surface area contributed by atoms with Crippen molar-refractivity contribution in [3.05, 3.63) is 0 Å². The van der Waals surface area contributed by atoms with Gasteiger partial charge in [0.1, 0.15) is 0 Å².